The van der Waals surface area contributed by atoms with E-state index in [-0.39, 0.29) is 33.4 Å². The van der Waals surface area contributed by atoms with Gasteiger partial charge in [0.05, 0.1) is 11.8 Å². The number of aliphatic hydroxyl groups is 1. The van der Waals surface area contributed by atoms with Gasteiger partial charge in [-0.05, 0) is 80.3 Å². The Morgan fingerprint density at radius 3 is 2.33 bits per heavy atom. The Morgan fingerprint density at radius 1 is 1.02 bits per heavy atom. The Balaban J connectivity index is 1.47. The second-order valence-electron chi connectivity index (χ2n) is 15.9. The van der Waals surface area contributed by atoms with Crippen molar-refractivity contribution in [3.8, 4) is 6.07 Å². The molecule has 0 spiro atoms. The number of Topliss-reactive ketones (excluding diaryl/α,β-unsaturated/α-hetero) is 1. The molecule has 0 aliphatic heterocycles. The molecule has 0 amide bonds. The molecule has 0 bridgehead atoms. The van der Waals surface area contributed by atoms with Crippen molar-refractivity contribution in [2.45, 2.75) is 109 Å². The van der Waals surface area contributed by atoms with Crippen molar-refractivity contribution in [1.29, 1.82) is 5.26 Å². The third-order valence-electron chi connectivity index (χ3n) is 13.4. The Labute approximate surface area is 254 Å². The van der Waals surface area contributed by atoms with Crippen LogP contribution in [0.25, 0.3) is 0 Å². The van der Waals surface area contributed by atoms with E-state index in [0.29, 0.717) is 32.1 Å². The highest BCUT2D eigenvalue weighted by Crippen LogP contribution is 2.75. The minimum Gasteiger partial charge on any atom is -0.381 e. The number of hydrogen-bond donors (Lipinski definition) is 2. The van der Waals surface area contributed by atoms with E-state index in [0.717, 1.165) is 30.9 Å². The molecule has 6 rings (SSSR count). The number of aromatic nitrogens is 1. The number of hydrogen-bond acceptors (Lipinski definition) is 8. The second kappa shape index (κ2) is 8.76. The summed E-state index contributed by atoms with van der Waals surface area (Å²) in [7, 11) is -3.93. The molecule has 1 aromatic heterocycles. The van der Waals surface area contributed by atoms with Gasteiger partial charge in [-0.15, -0.1) is 0 Å². The number of fused-ring (bicyclic) bond motifs is 7. The zero-order valence-electron chi connectivity index (χ0n) is 26.2. The monoisotopic (exact) mass is 609 g/mol. The largest absolute Gasteiger partial charge is 0.381 e. The fourth-order valence-corrected chi connectivity index (χ4v) is 11.9. The first-order chi connectivity index (χ1) is 19.7. The van der Waals surface area contributed by atoms with Crippen LogP contribution in [0, 0.1) is 50.2 Å². The summed E-state index contributed by atoms with van der Waals surface area (Å²) in [5, 5.41) is 26.5. The summed E-state index contributed by atoms with van der Waals surface area (Å²) >= 11 is 0. The van der Waals surface area contributed by atoms with Crippen LogP contribution in [0.4, 0.5) is 0 Å². The van der Waals surface area contributed by atoms with Crippen molar-refractivity contribution in [1.82, 2.24) is 9.88 Å². The average Bonchev–Trinajstić information content (AvgIpc) is 3.47. The third kappa shape index (κ3) is 3.68. The van der Waals surface area contributed by atoms with Gasteiger partial charge >= 0.3 is 0 Å². The van der Waals surface area contributed by atoms with Gasteiger partial charge < -0.3 is 9.63 Å². The van der Waals surface area contributed by atoms with Crippen molar-refractivity contribution in [2.75, 3.05) is 0 Å². The van der Waals surface area contributed by atoms with Crippen LogP contribution in [0.15, 0.2) is 45.2 Å². The lowest BCUT2D eigenvalue weighted by molar-refractivity contribution is -0.239. The number of nitrogens with one attached hydrogen (secondary N) is 1. The first-order valence-electron chi connectivity index (χ1n) is 15.3. The van der Waals surface area contributed by atoms with Gasteiger partial charge in [-0.1, -0.05) is 52.8 Å². The molecule has 0 saturated heterocycles. The van der Waals surface area contributed by atoms with Crippen LogP contribution in [0.2, 0.25) is 0 Å². The number of carbonyl (C=O) groups is 2. The summed E-state index contributed by atoms with van der Waals surface area (Å²) in [6, 6.07) is 2.12. The van der Waals surface area contributed by atoms with Crippen LogP contribution in [-0.2, 0) is 19.6 Å². The van der Waals surface area contributed by atoms with E-state index < -0.39 is 48.7 Å². The molecule has 0 unspecified atom stereocenters. The van der Waals surface area contributed by atoms with Crippen LogP contribution in [-0.4, -0.2) is 41.4 Å². The molecule has 1 aromatic rings. The lowest BCUT2D eigenvalue weighted by atomic mass is 9.33. The van der Waals surface area contributed by atoms with E-state index in [2.05, 4.69) is 36.7 Å². The minimum atomic E-state index is -3.93. The third-order valence-corrected chi connectivity index (χ3v) is 14.9. The molecule has 3 fully saturated rings. The van der Waals surface area contributed by atoms with Gasteiger partial charge in [0.15, 0.2) is 11.6 Å². The average molecular weight is 610 g/mol. The van der Waals surface area contributed by atoms with Crippen LogP contribution >= 0.6 is 0 Å². The molecule has 2 N–H and O–H groups in total. The lowest BCUT2D eigenvalue weighted by Crippen LogP contribution is -2.74. The highest BCUT2D eigenvalue weighted by atomic mass is 32.2. The van der Waals surface area contributed by atoms with E-state index in [1.54, 1.807) is 12.2 Å². The van der Waals surface area contributed by atoms with Crippen LogP contribution in [0.3, 0.4) is 0 Å². The number of nitrogens with zero attached hydrogens (tertiary/aromatic N) is 2. The lowest BCUT2D eigenvalue weighted by Gasteiger charge is -2.71. The van der Waals surface area contributed by atoms with Gasteiger partial charge in [-0.25, -0.2) is 13.1 Å². The van der Waals surface area contributed by atoms with E-state index in [1.165, 1.54) is 0 Å². The summed E-state index contributed by atoms with van der Waals surface area (Å²) < 4.78 is 34.1. The molecular weight excluding hydrogens is 566 g/mol. The maximum absolute atomic E-state index is 14.6. The SMILES string of the molecule is CC1(C)C(=O)C(C#N)=C[C@]2(C)C3=CC(=O)[C@]4(O)[C@@H]5C[C@@](C)(NS(=O)(=O)c6cnoc6)CC[C@]5(C)CC[C@@]4(C)[C@]3(C)CC[C@@H]12. The summed E-state index contributed by atoms with van der Waals surface area (Å²) in [6.45, 7) is 14.0. The Hall–Kier alpha value is -2.61. The zero-order valence-corrected chi connectivity index (χ0v) is 27.0. The molecule has 3 saturated carbocycles. The number of carbonyl (C=O) groups excluding carboxylic acids is 2. The van der Waals surface area contributed by atoms with Crippen LogP contribution < -0.4 is 4.72 Å². The molecule has 43 heavy (non-hydrogen) atoms. The van der Waals surface area contributed by atoms with Crippen molar-refractivity contribution in [2.24, 2.45) is 38.9 Å². The van der Waals surface area contributed by atoms with Gasteiger partial charge in [-0.3, -0.25) is 9.59 Å². The van der Waals surface area contributed by atoms with Gasteiger partial charge in [0, 0.05) is 27.7 Å². The maximum atomic E-state index is 14.6. The smallest absolute Gasteiger partial charge is 0.245 e. The van der Waals surface area contributed by atoms with E-state index in [4.69, 9.17) is 4.52 Å². The first kappa shape index (κ1) is 30.4. The van der Waals surface area contributed by atoms with E-state index >= 15 is 0 Å². The quantitative estimate of drug-likeness (QED) is 0.484. The molecule has 232 valence electrons. The van der Waals surface area contributed by atoms with Crippen molar-refractivity contribution < 1.29 is 27.6 Å². The Kier molecular flexibility index (Phi) is 6.20. The number of rotatable bonds is 3. The Bertz CT molecular complexity index is 1640. The van der Waals surface area contributed by atoms with Gasteiger partial charge in [0.25, 0.3) is 0 Å². The summed E-state index contributed by atoms with van der Waals surface area (Å²) in [5.74, 6) is -1.10. The van der Waals surface area contributed by atoms with Gasteiger partial charge in [-0.2, -0.15) is 5.26 Å². The van der Waals surface area contributed by atoms with Crippen LogP contribution in [0.5, 0.6) is 0 Å². The normalized spacial score (nSPS) is 45.5. The van der Waals surface area contributed by atoms with Gasteiger partial charge in [0.1, 0.15) is 22.8 Å². The molecule has 8 atom stereocenters. The van der Waals surface area contributed by atoms with Crippen LogP contribution in [0.1, 0.15) is 93.4 Å². The summed E-state index contributed by atoms with van der Waals surface area (Å²) in [5.41, 5.74) is -4.87. The number of nitriles is 1. The number of allylic oxidation sites excluding steroid dienone is 3. The van der Waals surface area contributed by atoms with Crippen molar-refractivity contribution in [3.05, 3.63) is 35.8 Å². The summed E-state index contributed by atoms with van der Waals surface area (Å²) in [4.78, 5) is 27.8. The Morgan fingerprint density at radius 2 is 1.70 bits per heavy atom. The van der Waals surface area contributed by atoms with Crippen molar-refractivity contribution in [3.63, 3.8) is 0 Å². The standard InChI is InChI=1S/C33H43N3O6S/c1-27(2)22-8-9-31(6)23(30(22,5)15-20(17-34)26(27)38)14-25(37)33(39)24-16-29(4,36-43(40,41)21-18-35-42-19-21)12-10-28(24,3)11-13-32(31,33)7/h14-15,18-19,22,24,36,39H,8-13,16H2,1-7H3/t22-,24+,28+,29-,30-,31+,32-,33+/m0/s1. The van der Waals surface area contributed by atoms with Crippen molar-refractivity contribution >= 4 is 21.6 Å². The number of sulfonamides is 1. The highest BCUT2D eigenvalue weighted by Gasteiger charge is 2.75. The topological polar surface area (TPSA) is 150 Å². The molecular formula is C33H43N3O6S. The molecule has 5 aliphatic rings. The predicted molar refractivity (Wildman–Crippen MR) is 157 cm³/mol. The first-order valence-corrected chi connectivity index (χ1v) is 16.8. The molecule has 0 radical (unpaired) electrons. The fourth-order valence-electron chi connectivity index (χ4n) is 10.6. The van der Waals surface area contributed by atoms with E-state index in [9.17, 15) is 28.4 Å². The fraction of sp³-hybridized carbons (Fsp3) is 0.697. The summed E-state index contributed by atoms with van der Waals surface area (Å²) in [6.07, 6.45) is 10.0. The minimum absolute atomic E-state index is 0.0632. The van der Waals surface area contributed by atoms with E-state index in [1.807, 2.05) is 27.7 Å². The second-order valence-corrected chi connectivity index (χ2v) is 17.6. The number of ketones is 2. The molecule has 1 heterocycles. The molecule has 9 nitrogen and oxygen atoms in total. The molecule has 10 heteroatoms. The zero-order chi connectivity index (χ0) is 31.6. The predicted octanol–water partition coefficient (Wildman–Crippen LogP) is 5.04. The molecule has 5 aliphatic carbocycles. The highest BCUT2D eigenvalue weighted by molar-refractivity contribution is 7.89. The van der Waals surface area contributed by atoms with Gasteiger partial charge in [0.2, 0.25) is 10.0 Å². The molecule has 0 aromatic carbocycles. The maximum Gasteiger partial charge on any atom is 0.245 e.